The van der Waals surface area contributed by atoms with Gasteiger partial charge in [0.15, 0.2) is 0 Å². The first-order valence-electron chi connectivity index (χ1n) is 15.4. The van der Waals surface area contributed by atoms with Crippen molar-refractivity contribution in [3.05, 3.63) is 76.9 Å². The van der Waals surface area contributed by atoms with Crippen molar-refractivity contribution in [2.24, 2.45) is 5.10 Å². The van der Waals surface area contributed by atoms with Gasteiger partial charge in [-0.15, -0.1) is 0 Å². The predicted molar refractivity (Wildman–Crippen MR) is 169 cm³/mol. The lowest BCUT2D eigenvalue weighted by atomic mass is 10.0. The molecule has 5 rings (SSSR count). The quantitative estimate of drug-likeness (QED) is 0.118. The van der Waals surface area contributed by atoms with E-state index in [2.05, 4.69) is 26.5 Å². The minimum Gasteiger partial charge on any atom is -0.334 e. The molecular formula is C33H35N7O7. The first-order valence-corrected chi connectivity index (χ1v) is 15.4. The number of carbonyl (C=O) groups is 7. The van der Waals surface area contributed by atoms with Crippen LogP contribution in [0.2, 0.25) is 0 Å². The molecule has 3 aliphatic rings. The van der Waals surface area contributed by atoms with Crippen LogP contribution in [0, 0.1) is 0 Å². The van der Waals surface area contributed by atoms with Gasteiger partial charge in [0.2, 0.25) is 17.7 Å². The van der Waals surface area contributed by atoms with Crippen LogP contribution in [-0.4, -0.2) is 69.6 Å². The summed E-state index contributed by atoms with van der Waals surface area (Å²) in [4.78, 5) is 87.1. The molecule has 2 aromatic rings. The number of rotatable bonds is 12. The molecule has 1 fully saturated rings. The van der Waals surface area contributed by atoms with E-state index in [1.807, 2.05) is 6.07 Å². The van der Waals surface area contributed by atoms with Crippen molar-refractivity contribution in [3.8, 4) is 0 Å². The first kappa shape index (κ1) is 32.7. The molecule has 0 aromatic heterocycles. The Hall–Kier alpha value is -5.66. The Morgan fingerprint density at radius 1 is 0.957 bits per heavy atom. The van der Waals surface area contributed by atoms with Crippen LogP contribution >= 0.6 is 0 Å². The average molecular weight is 642 g/mol. The first-order chi connectivity index (χ1) is 22.6. The number of unbranched alkanes of at least 4 members (excludes halogenated alkanes) is 2. The van der Waals surface area contributed by atoms with Crippen molar-refractivity contribution in [3.63, 3.8) is 0 Å². The van der Waals surface area contributed by atoms with E-state index in [-0.39, 0.29) is 55.5 Å². The molecule has 3 aliphatic heterocycles. The largest absolute Gasteiger partial charge is 0.334 e. The number of imide groups is 2. The van der Waals surface area contributed by atoms with Gasteiger partial charge in [-0.2, -0.15) is 5.10 Å². The molecule has 3 heterocycles. The highest BCUT2D eigenvalue weighted by atomic mass is 16.2. The van der Waals surface area contributed by atoms with Gasteiger partial charge in [-0.25, -0.2) is 10.2 Å². The topological polar surface area (TPSA) is 186 Å². The minimum atomic E-state index is -0.686. The Labute approximate surface area is 270 Å². The molecular weight excluding hydrogens is 606 g/mol. The van der Waals surface area contributed by atoms with Crippen LogP contribution in [0.1, 0.15) is 72.5 Å². The Morgan fingerprint density at radius 3 is 2.43 bits per heavy atom. The fourth-order valence-corrected chi connectivity index (χ4v) is 5.54. The van der Waals surface area contributed by atoms with Crippen LogP contribution in [0.25, 0.3) is 0 Å². The maximum atomic E-state index is 12.9. The highest BCUT2D eigenvalue weighted by Gasteiger charge is 2.39. The van der Waals surface area contributed by atoms with Gasteiger partial charge in [0.1, 0.15) is 6.04 Å². The lowest BCUT2D eigenvalue weighted by Gasteiger charge is -2.29. The molecule has 4 N–H and O–H groups in total. The Morgan fingerprint density at radius 2 is 1.70 bits per heavy atom. The van der Waals surface area contributed by atoms with Crippen molar-refractivity contribution in [2.45, 2.75) is 64.6 Å². The predicted octanol–water partition coefficient (Wildman–Crippen LogP) is 2.09. The second-order valence-electron chi connectivity index (χ2n) is 11.5. The van der Waals surface area contributed by atoms with Crippen LogP contribution in [0.15, 0.2) is 59.7 Å². The molecule has 1 saturated heterocycles. The molecule has 0 aliphatic carbocycles. The zero-order chi connectivity index (χ0) is 33.5. The van der Waals surface area contributed by atoms with E-state index in [9.17, 15) is 33.6 Å². The second-order valence-corrected chi connectivity index (χ2v) is 11.5. The summed E-state index contributed by atoms with van der Waals surface area (Å²) in [5, 5.41) is 12.0. The number of hydrogen-bond acceptors (Lipinski definition) is 8. The summed E-state index contributed by atoms with van der Waals surface area (Å²) in [7, 11) is 0. The lowest BCUT2D eigenvalue weighted by molar-refractivity contribution is -0.138. The van der Waals surface area contributed by atoms with Gasteiger partial charge in [-0.1, -0.05) is 30.7 Å². The summed E-state index contributed by atoms with van der Waals surface area (Å²) in [6.45, 7) is 2.55. The van der Waals surface area contributed by atoms with Crippen LogP contribution in [-0.2, 0) is 37.1 Å². The molecule has 1 atom stereocenters. The summed E-state index contributed by atoms with van der Waals surface area (Å²) in [5.41, 5.74) is 6.47. The highest BCUT2D eigenvalue weighted by Crippen LogP contribution is 2.28. The second kappa shape index (κ2) is 14.6. The number of urea groups is 1. The van der Waals surface area contributed by atoms with E-state index in [0.29, 0.717) is 49.2 Å². The highest BCUT2D eigenvalue weighted by molar-refractivity contribution is 6.12. The number of piperidine rings is 1. The molecule has 14 heteroatoms. The Kier molecular flexibility index (Phi) is 10.2. The molecule has 0 radical (unpaired) electrons. The molecule has 8 amide bonds. The Balaban J connectivity index is 1.02. The molecule has 1 unspecified atom stereocenters. The van der Waals surface area contributed by atoms with Gasteiger partial charge in [-0.05, 0) is 61.1 Å². The summed E-state index contributed by atoms with van der Waals surface area (Å²) in [6.07, 6.45) is 5.16. The number of carbonyl (C=O) groups excluding carboxylic acids is 7. The third-order valence-corrected chi connectivity index (χ3v) is 8.14. The summed E-state index contributed by atoms with van der Waals surface area (Å²) in [5.74, 6) is -1.91. The van der Waals surface area contributed by atoms with E-state index in [4.69, 9.17) is 0 Å². The van der Waals surface area contributed by atoms with Crippen molar-refractivity contribution < 1.29 is 33.6 Å². The van der Waals surface area contributed by atoms with Gasteiger partial charge in [0.25, 0.3) is 17.7 Å². The van der Waals surface area contributed by atoms with E-state index in [0.717, 1.165) is 16.7 Å². The summed E-state index contributed by atoms with van der Waals surface area (Å²) < 4.78 is 0. The van der Waals surface area contributed by atoms with Crippen LogP contribution < -0.4 is 21.4 Å². The average Bonchev–Trinajstić information content (AvgIpc) is 3.55. The number of benzene rings is 2. The van der Waals surface area contributed by atoms with Gasteiger partial charge < -0.3 is 15.5 Å². The normalized spacial score (nSPS) is 17.6. The number of hydrogen-bond donors (Lipinski definition) is 4. The molecule has 2 aromatic carbocycles. The number of hydrazone groups is 1. The molecule has 47 heavy (non-hydrogen) atoms. The Bertz CT molecular complexity index is 1660. The number of fused-ring (bicyclic) bond motifs is 1. The van der Waals surface area contributed by atoms with Crippen molar-refractivity contribution >= 4 is 52.9 Å². The minimum absolute atomic E-state index is 0.187. The van der Waals surface area contributed by atoms with E-state index in [1.54, 1.807) is 43.3 Å². The molecule has 0 spiro atoms. The van der Waals surface area contributed by atoms with Gasteiger partial charge >= 0.3 is 6.03 Å². The maximum absolute atomic E-state index is 12.9. The van der Waals surface area contributed by atoms with Crippen LogP contribution in [0.4, 0.5) is 10.5 Å². The maximum Gasteiger partial charge on any atom is 0.319 e. The number of nitrogens with one attached hydrogen (secondary N) is 4. The number of anilines is 1. The third-order valence-electron chi connectivity index (χ3n) is 8.14. The van der Waals surface area contributed by atoms with E-state index >= 15 is 0 Å². The molecule has 0 saturated carbocycles. The van der Waals surface area contributed by atoms with Crippen molar-refractivity contribution in [1.29, 1.82) is 0 Å². The standard InChI is InChI=1S/C33H35N7O7/c1-20(37-38-28(42)5-3-2-4-16-39-29(43)14-15-30(39)44)22-7-9-24(10-8-22)35-33(47)34-18-21-6-11-25-23(17-21)19-40(32(25)46)26-12-13-27(41)36-31(26)45/h6-11,14-15,17,26H,2-5,12-13,16,18-19H2,1H3,(H,38,42)(H2,34,35,47)(H,36,41,45)/b37-20+. The summed E-state index contributed by atoms with van der Waals surface area (Å²) >= 11 is 0. The fourth-order valence-electron chi connectivity index (χ4n) is 5.54. The van der Waals surface area contributed by atoms with Gasteiger partial charge in [-0.3, -0.25) is 39.0 Å². The number of nitrogens with zero attached hydrogens (tertiary/aromatic N) is 3. The lowest BCUT2D eigenvalue weighted by Crippen LogP contribution is -2.52. The van der Waals surface area contributed by atoms with E-state index in [1.165, 1.54) is 22.0 Å². The smallest absolute Gasteiger partial charge is 0.319 e. The monoisotopic (exact) mass is 641 g/mol. The van der Waals surface area contributed by atoms with Gasteiger partial charge in [0.05, 0.1) is 5.71 Å². The van der Waals surface area contributed by atoms with Crippen LogP contribution in [0.3, 0.4) is 0 Å². The zero-order valence-electron chi connectivity index (χ0n) is 25.8. The third kappa shape index (κ3) is 8.14. The van der Waals surface area contributed by atoms with Crippen molar-refractivity contribution in [1.82, 2.24) is 25.9 Å². The molecule has 14 nitrogen and oxygen atoms in total. The SMILES string of the molecule is C/C(=N\NC(=O)CCCCCN1C(=O)C=CC1=O)c1ccc(NC(=O)NCc2ccc3c(c2)CN(C2CCC(=O)NC2=O)C3=O)cc1. The molecule has 244 valence electrons. The van der Waals surface area contributed by atoms with Crippen LogP contribution in [0.5, 0.6) is 0 Å². The number of amides is 8. The van der Waals surface area contributed by atoms with E-state index < -0.39 is 18.0 Å². The fraction of sp³-hybridized carbons (Fsp3) is 0.333. The zero-order valence-corrected chi connectivity index (χ0v) is 25.8. The van der Waals surface area contributed by atoms with Gasteiger partial charge in [0, 0.05) is 55.9 Å². The molecule has 0 bridgehead atoms. The summed E-state index contributed by atoms with van der Waals surface area (Å²) in [6, 6.07) is 11.1. The van der Waals surface area contributed by atoms with Crippen molar-refractivity contribution in [2.75, 3.05) is 11.9 Å².